The first-order valence-electron chi connectivity index (χ1n) is 5.20. The smallest absolute Gasteiger partial charge is 0.143 e. The molecule has 1 aromatic rings. The summed E-state index contributed by atoms with van der Waals surface area (Å²) in [7, 11) is 0. The van der Waals surface area contributed by atoms with Gasteiger partial charge < -0.3 is 0 Å². The molecule has 0 aromatic heterocycles. The lowest BCUT2D eigenvalue weighted by Crippen LogP contribution is -2.07. The summed E-state index contributed by atoms with van der Waals surface area (Å²) < 4.78 is 0. The highest BCUT2D eigenvalue weighted by Crippen LogP contribution is 2.26. The zero-order chi connectivity index (χ0) is 11.4. The molecule has 0 aliphatic heterocycles. The lowest BCUT2D eigenvalue weighted by Gasteiger charge is -2.16. The van der Waals surface area contributed by atoms with E-state index in [1.165, 1.54) is 16.7 Å². The molecule has 0 aliphatic carbocycles. The molecular weight excluding hydrogens is 252 g/mol. The number of carbonyl (C=O) groups excluding carboxylic acids is 1. The van der Waals surface area contributed by atoms with E-state index in [9.17, 15) is 4.79 Å². The molecule has 0 bridgehead atoms. The van der Waals surface area contributed by atoms with Crippen LogP contribution < -0.4 is 0 Å². The molecule has 0 saturated heterocycles. The van der Waals surface area contributed by atoms with E-state index in [2.05, 4.69) is 54.9 Å². The number of hydrogen-bond donors (Lipinski definition) is 0. The average molecular weight is 269 g/mol. The predicted molar refractivity (Wildman–Crippen MR) is 67.7 cm³/mol. The van der Waals surface area contributed by atoms with Crippen molar-refractivity contribution in [3.63, 3.8) is 0 Å². The van der Waals surface area contributed by atoms with Gasteiger partial charge in [-0.25, -0.2) is 0 Å². The van der Waals surface area contributed by atoms with E-state index < -0.39 is 0 Å². The summed E-state index contributed by atoms with van der Waals surface area (Å²) >= 11 is 3.20. The maximum absolute atomic E-state index is 11.4. The summed E-state index contributed by atoms with van der Waals surface area (Å²) in [4.78, 5) is 11.4. The molecule has 0 radical (unpaired) electrons. The standard InChI is InChI=1S/C13H17BrO/c1-9-5-4-6-10(2)13(9)11(3)7-12(15)8-14/h4-6,11H,7-8H2,1-3H3. The Balaban J connectivity index is 2.90. The Morgan fingerprint density at radius 1 is 1.33 bits per heavy atom. The van der Waals surface area contributed by atoms with Gasteiger partial charge in [-0.15, -0.1) is 0 Å². The number of halogens is 1. The third kappa shape index (κ3) is 3.16. The van der Waals surface area contributed by atoms with Crippen LogP contribution in [0.3, 0.4) is 0 Å². The zero-order valence-electron chi connectivity index (χ0n) is 9.51. The van der Waals surface area contributed by atoms with Crippen LogP contribution in [0.2, 0.25) is 0 Å². The largest absolute Gasteiger partial charge is 0.299 e. The molecule has 1 atom stereocenters. The highest BCUT2D eigenvalue weighted by molar-refractivity contribution is 9.09. The number of rotatable bonds is 4. The van der Waals surface area contributed by atoms with Crippen molar-refractivity contribution in [2.45, 2.75) is 33.1 Å². The molecule has 0 amide bonds. The van der Waals surface area contributed by atoms with Gasteiger partial charge in [-0.1, -0.05) is 41.1 Å². The van der Waals surface area contributed by atoms with E-state index in [1.807, 2.05) is 0 Å². The van der Waals surface area contributed by atoms with Gasteiger partial charge in [0.25, 0.3) is 0 Å². The molecule has 2 heteroatoms. The van der Waals surface area contributed by atoms with Crippen LogP contribution in [-0.4, -0.2) is 11.1 Å². The lowest BCUT2D eigenvalue weighted by atomic mass is 9.89. The van der Waals surface area contributed by atoms with Crippen molar-refractivity contribution in [3.05, 3.63) is 34.9 Å². The molecule has 0 aliphatic rings. The third-order valence-corrected chi connectivity index (χ3v) is 3.34. The fourth-order valence-corrected chi connectivity index (χ4v) is 2.33. The number of benzene rings is 1. The molecular formula is C13H17BrO. The first kappa shape index (κ1) is 12.4. The van der Waals surface area contributed by atoms with E-state index in [1.54, 1.807) is 0 Å². The summed E-state index contributed by atoms with van der Waals surface area (Å²) in [5, 5.41) is 0.461. The monoisotopic (exact) mass is 268 g/mol. The molecule has 0 N–H and O–H groups in total. The van der Waals surface area contributed by atoms with E-state index in [0.717, 1.165) is 0 Å². The van der Waals surface area contributed by atoms with Crippen LogP contribution in [-0.2, 0) is 4.79 Å². The summed E-state index contributed by atoms with van der Waals surface area (Å²) in [5.74, 6) is 0.585. The number of hydrogen-bond acceptors (Lipinski definition) is 1. The van der Waals surface area contributed by atoms with E-state index in [-0.39, 0.29) is 5.78 Å². The highest BCUT2D eigenvalue weighted by atomic mass is 79.9. The zero-order valence-corrected chi connectivity index (χ0v) is 11.1. The van der Waals surface area contributed by atoms with Gasteiger partial charge in [-0.05, 0) is 36.5 Å². The Kier molecular flexibility index (Phi) is 4.52. The summed E-state index contributed by atoms with van der Waals surface area (Å²) in [6.45, 7) is 6.34. The molecule has 82 valence electrons. The third-order valence-electron chi connectivity index (χ3n) is 2.72. The second-order valence-electron chi connectivity index (χ2n) is 4.08. The minimum Gasteiger partial charge on any atom is -0.299 e. The number of Topliss-reactive ketones (excluding diaryl/α,β-unsaturated/α-hetero) is 1. The van der Waals surface area contributed by atoms with Crippen molar-refractivity contribution in [2.24, 2.45) is 0 Å². The van der Waals surface area contributed by atoms with Crippen LogP contribution in [0.15, 0.2) is 18.2 Å². The molecule has 0 heterocycles. The summed E-state index contributed by atoms with van der Waals surface area (Å²) in [5.41, 5.74) is 3.89. The van der Waals surface area contributed by atoms with Crippen LogP contribution in [0.5, 0.6) is 0 Å². The quantitative estimate of drug-likeness (QED) is 0.760. The molecule has 1 aromatic carbocycles. The Labute approximate surface area is 100 Å². The van der Waals surface area contributed by atoms with Gasteiger partial charge in [0.05, 0.1) is 5.33 Å². The second-order valence-corrected chi connectivity index (χ2v) is 4.64. The van der Waals surface area contributed by atoms with Crippen LogP contribution in [0, 0.1) is 13.8 Å². The van der Waals surface area contributed by atoms with Crippen molar-refractivity contribution in [1.29, 1.82) is 0 Å². The second kappa shape index (κ2) is 5.45. The van der Waals surface area contributed by atoms with Crippen LogP contribution in [0.25, 0.3) is 0 Å². The van der Waals surface area contributed by atoms with Gasteiger partial charge in [0.1, 0.15) is 5.78 Å². The highest BCUT2D eigenvalue weighted by Gasteiger charge is 2.14. The van der Waals surface area contributed by atoms with E-state index in [4.69, 9.17) is 0 Å². The molecule has 1 nitrogen and oxygen atoms in total. The van der Waals surface area contributed by atoms with Gasteiger partial charge >= 0.3 is 0 Å². The summed E-state index contributed by atoms with van der Waals surface area (Å²) in [6.07, 6.45) is 0.622. The van der Waals surface area contributed by atoms with Gasteiger partial charge in [-0.3, -0.25) is 4.79 Å². The normalized spacial score (nSPS) is 12.5. The molecule has 1 unspecified atom stereocenters. The molecule has 1 rings (SSSR count). The van der Waals surface area contributed by atoms with Gasteiger partial charge in [0.2, 0.25) is 0 Å². The number of carbonyl (C=O) groups is 1. The van der Waals surface area contributed by atoms with E-state index in [0.29, 0.717) is 17.7 Å². The van der Waals surface area contributed by atoms with Crippen molar-refractivity contribution in [2.75, 3.05) is 5.33 Å². The fourth-order valence-electron chi connectivity index (χ4n) is 2.10. The van der Waals surface area contributed by atoms with Crippen LogP contribution in [0.1, 0.15) is 36.0 Å². The molecule has 15 heavy (non-hydrogen) atoms. The van der Waals surface area contributed by atoms with Gasteiger partial charge in [-0.2, -0.15) is 0 Å². The minimum absolute atomic E-state index is 0.269. The molecule has 0 fully saturated rings. The van der Waals surface area contributed by atoms with Crippen molar-refractivity contribution in [3.8, 4) is 0 Å². The molecule has 0 saturated carbocycles. The number of alkyl halides is 1. The Bertz CT molecular complexity index is 337. The maximum atomic E-state index is 11.4. The van der Waals surface area contributed by atoms with Crippen molar-refractivity contribution in [1.82, 2.24) is 0 Å². The fraction of sp³-hybridized carbons (Fsp3) is 0.462. The Hall–Kier alpha value is -0.630. The number of aryl methyl sites for hydroxylation is 2. The first-order valence-corrected chi connectivity index (χ1v) is 6.32. The Morgan fingerprint density at radius 2 is 1.87 bits per heavy atom. The van der Waals surface area contributed by atoms with Crippen LogP contribution >= 0.6 is 15.9 Å². The van der Waals surface area contributed by atoms with Gasteiger partial charge in [0.15, 0.2) is 0 Å². The average Bonchev–Trinajstić information content (AvgIpc) is 2.17. The first-order chi connectivity index (χ1) is 7.06. The lowest BCUT2D eigenvalue weighted by molar-refractivity contribution is -0.116. The SMILES string of the molecule is Cc1cccc(C)c1C(C)CC(=O)CBr. The van der Waals surface area contributed by atoms with Crippen LogP contribution in [0.4, 0.5) is 0 Å². The molecule has 0 spiro atoms. The Morgan fingerprint density at radius 3 is 2.33 bits per heavy atom. The predicted octanol–water partition coefficient (Wildman–Crippen LogP) is 3.76. The van der Waals surface area contributed by atoms with E-state index >= 15 is 0 Å². The topological polar surface area (TPSA) is 17.1 Å². The summed E-state index contributed by atoms with van der Waals surface area (Å²) in [6, 6.07) is 6.28. The van der Waals surface area contributed by atoms with Crippen molar-refractivity contribution < 1.29 is 4.79 Å². The maximum Gasteiger partial charge on any atom is 0.143 e. The van der Waals surface area contributed by atoms with Crippen molar-refractivity contribution >= 4 is 21.7 Å². The van der Waals surface area contributed by atoms with Gasteiger partial charge in [0, 0.05) is 6.42 Å². The minimum atomic E-state index is 0.269. The number of ketones is 1.